The third-order valence-corrected chi connectivity index (χ3v) is 6.53. The number of hydrogen-bond donors (Lipinski definition) is 0. The quantitative estimate of drug-likeness (QED) is 0.606. The summed E-state index contributed by atoms with van der Waals surface area (Å²) in [5, 5.41) is 9.17. The molecule has 0 N–H and O–H groups in total. The van der Waals surface area contributed by atoms with Crippen molar-refractivity contribution in [1.82, 2.24) is 25.0 Å². The van der Waals surface area contributed by atoms with Gasteiger partial charge in [-0.15, -0.1) is 10.2 Å². The van der Waals surface area contributed by atoms with Crippen molar-refractivity contribution in [3.05, 3.63) is 66.0 Å². The summed E-state index contributed by atoms with van der Waals surface area (Å²) >= 11 is 0. The zero-order chi connectivity index (χ0) is 21.8. The Morgan fingerprint density at radius 3 is 2.34 bits per heavy atom. The van der Waals surface area contributed by atoms with Crippen LogP contribution in [0.4, 0.5) is 0 Å². The fourth-order valence-electron chi connectivity index (χ4n) is 4.57. The molecule has 0 radical (unpaired) electrons. The maximum atomic E-state index is 5.70. The molecule has 2 aliphatic heterocycles. The lowest BCUT2D eigenvalue weighted by Crippen LogP contribution is -2.37. The van der Waals surface area contributed by atoms with E-state index in [0.717, 1.165) is 48.0 Å². The Hall–Kier alpha value is -2.67. The van der Waals surface area contributed by atoms with Crippen molar-refractivity contribution in [2.75, 3.05) is 39.9 Å². The van der Waals surface area contributed by atoms with Gasteiger partial charge in [-0.1, -0.05) is 61.0 Å². The van der Waals surface area contributed by atoms with Crippen LogP contribution in [0.2, 0.25) is 0 Å². The number of piperidine rings is 1. The van der Waals surface area contributed by atoms with E-state index in [4.69, 9.17) is 9.72 Å². The number of rotatable bonds is 5. The molecule has 2 fully saturated rings. The molecule has 166 valence electrons. The van der Waals surface area contributed by atoms with Crippen LogP contribution in [0.15, 0.2) is 54.6 Å². The van der Waals surface area contributed by atoms with Gasteiger partial charge in [0.2, 0.25) is 0 Å². The predicted molar refractivity (Wildman–Crippen MR) is 126 cm³/mol. The lowest BCUT2D eigenvalue weighted by atomic mass is 10.0. The Kier molecular flexibility index (Phi) is 6.53. The van der Waals surface area contributed by atoms with E-state index in [2.05, 4.69) is 63.4 Å². The first-order valence-corrected chi connectivity index (χ1v) is 11.7. The van der Waals surface area contributed by atoms with E-state index in [0.29, 0.717) is 6.61 Å². The second-order valence-electron chi connectivity index (χ2n) is 8.84. The Bertz CT molecular complexity index is 1020. The van der Waals surface area contributed by atoms with E-state index in [9.17, 15) is 0 Å². The van der Waals surface area contributed by atoms with E-state index in [1.807, 2.05) is 18.2 Å². The van der Waals surface area contributed by atoms with Gasteiger partial charge in [0.25, 0.3) is 0 Å². The average Bonchev–Trinajstić information content (AvgIpc) is 2.86. The normalized spacial score (nSPS) is 20.3. The summed E-state index contributed by atoms with van der Waals surface area (Å²) in [4.78, 5) is 9.83. The highest BCUT2D eigenvalue weighted by atomic mass is 16.5. The zero-order valence-electron chi connectivity index (χ0n) is 18.8. The number of morpholine rings is 1. The number of hydrogen-bond acceptors (Lipinski definition) is 6. The van der Waals surface area contributed by atoms with Crippen molar-refractivity contribution in [2.45, 2.75) is 31.8 Å². The van der Waals surface area contributed by atoms with Gasteiger partial charge in [-0.3, -0.25) is 9.80 Å². The first kappa shape index (κ1) is 21.2. The second-order valence-corrected chi connectivity index (χ2v) is 8.84. The van der Waals surface area contributed by atoms with Crippen LogP contribution < -0.4 is 0 Å². The fourth-order valence-corrected chi connectivity index (χ4v) is 4.57. The molecule has 2 aliphatic rings. The highest BCUT2D eigenvalue weighted by molar-refractivity contribution is 5.77. The summed E-state index contributed by atoms with van der Waals surface area (Å²) in [7, 11) is 2.09. The van der Waals surface area contributed by atoms with Gasteiger partial charge in [0, 0.05) is 24.2 Å². The van der Waals surface area contributed by atoms with E-state index in [1.165, 1.54) is 37.9 Å². The monoisotopic (exact) mass is 429 g/mol. The van der Waals surface area contributed by atoms with Crippen molar-refractivity contribution in [3.63, 3.8) is 0 Å². The highest BCUT2D eigenvalue weighted by Gasteiger charge is 2.26. The molecule has 2 saturated heterocycles. The van der Waals surface area contributed by atoms with Crippen LogP contribution in [-0.4, -0.2) is 64.9 Å². The predicted octanol–water partition coefficient (Wildman–Crippen LogP) is 4.19. The van der Waals surface area contributed by atoms with Gasteiger partial charge in [0.05, 0.1) is 19.3 Å². The second kappa shape index (κ2) is 9.86. The largest absolute Gasteiger partial charge is 0.378 e. The standard InChI is InChI=1S/C26H31N5O/c1-30-16-17-32-19-23(30)26-27-24(25(28-29-26)21-8-4-2-5-9-21)22-12-10-20(11-13-22)18-31-14-6-3-7-15-31/h2,4-5,8-13,23H,3,6-7,14-19H2,1H3. The number of ether oxygens (including phenoxy) is 1. The third kappa shape index (κ3) is 4.72. The number of nitrogens with zero attached hydrogens (tertiary/aromatic N) is 5. The van der Waals surface area contributed by atoms with Crippen LogP contribution in [0.5, 0.6) is 0 Å². The van der Waals surface area contributed by atoms with Crippen LogP contribution in [-0.2, 0) is 11.3 Å². The molecule has 0 spiro atoms. The lowest BCUT2D eigenvalue weighted by molar-refractivity contribution is 0.00152. The van der Waals surface area contributed by atoms with Crippen LogP contribution in [0, 0.1) is 0 Å². The van der Waals surface area contributed by atoms with E-state index in [-0.39, 0.29) is 6.04 Å². The molecule has 2 aromatic carbocycles. The molecule has 1 aromatic heterocycles. The number of likely N-dealkylation sites (N-methyl/N-ethyl adjacent to an activating group) is 1. The van der Waals surface area contributed by atoms with Crippen molar-refractivity contribution in [2.24, 2.45) is 0 Å². The SMILES string of the molecule is CN1CCOCC1c1nnc(-c2ccccc2)c(-c2ccc(CN3CCCCC3)cc2)n1. The summed E-state index contributed by atoms with van der Waals surface area (Å²) < 4.78 is 5.70. The number of benzene rings is 2. The minimum absolute atomic E-state index is 0.0261. The van der Waals surface area contributed by atoms with Crippen molar-refractivity contribution >= 4 is 0 Å². The molecule has 0 amide bonds. The highest BCUT2D eigenvalue weighted by Crippen LogP contribution is 2.30. The van der Waals surface area contributed by atoms with Crippen molar-refractivity contribution in [1.29, 1.82) is 0 Å². The average molecular weight is 430 g/mol. The minimum Gasteiger partial charge on any atom is -0.378 e. The van der Waals surface area contributed by atoms with Crippen molar-refractivity contribution < 1.29 is 4.74 Å². The fraction of sp³-hybridized carbons (Fsp3) is 0.423. The first-order valence-electron chi connectivity index (χ1n) is 11.7. The summed E-state index contributed by atoms with van der Waals surface area (Å²) in [6.07, 6.45) is 3.99. The molecule has 6 nitrogen and oxygen atoms in total. The Morgan fingerprint density at radius 2 is 1.59 bits per heavy atom. The van der Waals surface area contributed by atoms with Gasteiger partial charge in [0.1, 0.15) is 11.4 Å². The van der Waals surface area contributed by atoms with Gasteiger partial charge in [-0.2, -0.15) is 0 Å². The molecule has 0 bridgehead atoms. The molecular formula is C26H31N5O. The summed E-state index contributed by atoms with van der Waals surface area (Å²) in [6, 6.07) is 19.1. The Labute approximate surface area is 190 Å². The first-order chi connectivity index (χ1) is 15.8. The zero-order valence-corrected chi connectivity index (χ0v) is 18.8. The van der Waals surface area contributed by atoms with Gasteiger partial charge >= 0.3 is 0 Å². The van der Waals surface area contributed by atoms with E-state index in [1.54, 1.807) is 0 Å². The molecule has 3 heterocycles. The molecule has 32 heavy (non-hydrogen) atoms. The number of aromatic nitrogens is 3. The maximum absolute atomic E-state index is 5.70. The molecule has 6 heteroatoms. The molecule has 1 unspecified atom stereocenters. The lowest BCUT2D eigenvalue weighted by Gasteiger charge is -2.31. The molecule has 1 atom stereocenters. The third-order valence-electron chi connectivity index (χ3n) is 6.53. The summed E-state index contributed by atoms with van der Waals surface area (Å²) in [6.45, 7) is 5.63. The molecule has 0 saturated carbocycles. The maximum Gasteiger partial charge on any atom is 0.171 e. The molecule has 5 rings (SSSR count). The van der Waals surface area contributed by atoms with Gasteiger partial charge in [0.15, 0.2) is 5.82 Å². The van der Waals surface area contributed by atoms with Crippen molar-refractivity contribution in [3.8, 4) is 22.5 Å². The van der Waals surface area contributed by atoms with Gasteiger partial charge < -0.3 is 4.74 Å². The van der Waals surface area contributed by atoms with Crippen LogP contribution in [0.3, 0.4) is 0 Å². The summed E-state index contributed by atoms with van der Waals surface area (Å²) in [5.74, 6) is 0.722. The molecule has 0 aliphatic carbocycles. The smallest absolute Gasteiger partial charge is 0.171 e. The Morgan fingerprint density at radius 1 is 0.844 bits per heavy atom. The topological polar surface area (TPSA) is 54.4 Å². The van der Waals surface area contributed by atoms with Crippen LogP contribution in [0.25, 0.3) is 22.5 Å². The van der Waals surface area contributed by atoms with Gasteiger partial charge in [-0.25, -0.2) is 4.98 Å². The minimum atomic E-state index is 0.0261. The summed E-state index contributed by atoms with van der Waals surface area (Å²) in [5.41, 5.74) is 5.14. The van der Waals surface area contributed by atoms with E-state index < -0.39 is 0 Å². The Balaban J connectivity index is 1.48. The van der Waals surface area contributed by atoms with Crippen LogP contribution >= 0.6 is 0 Å². The van der Waals surface area contributed by atoms with Crippen LogP contribution in [0.1, 0.15) is 36.7 Å². The van der Waals surface area contributed by atoms with Gasteiger partial charge in [-0.05, 0) is 38.5 Å². The van der Waals surface area contributed by atoms with E-state index >= 15 is 0 Å². The number of likely N-dealkylation sites (tertiary alicyclic amines) is 1. The molecular weight excluding hydrogens is 398 g/mol. The molecule has 3 aromatic rings.